The van der Waals surface area contributed by atoms with E-state index in [0.29, 0.717) is 6.42 Å². The highest BCUT2D eigenvalue weighted by Gasteiger charge is 2.20. The standard InChI is InChI=1S/C21H25NO2/c1-2-16-5-9-18(10-6-16)20(21(23)24)15-17-7-11-19(12-8-17)22-13-3-4-14-22/h5-12,20H,2-4,13-15H2,1H3,(H,23,24). The van der Waals surface area contributed by atoms with Gasteiger partial charge in [0.25, 0.3) is 0 Å². The minimum absolute atomic E-state index is 0.492. The Bertz CT molecular complexity index is 670. The van der Waals surface area contributed by atoms with Crippen LogP contribution in [0.5, 0.6) is 0 Å². The van der Waals surface area contributed by atoms with Crippen molar-refractivity contribution in [2.24, 2.45) is 0 Å². The average Bonchev–Trinajstić information content (AvgIpc) is 3.15. The second kappa shape index (κ2) is 7.52. The highest BCUT2D eigenvalue weighted by Crippen LogP contribution is 2.25. The maximum absolute atomic E-state index is 11.7. The van der Waals surface area contributed by atoms with E-state index in [1.165, 1.54) is 24.1 Å². The molecule has 0 aromatic heterocycles. The van der Waals surface area contributed by atoms with Gasteiger partial charge in [-0.1, -0.05) is 43.3 Å². The van der Waals surface area contributed by atoms with E-state index in [9.17, 15) is 9.90 Å². The summed E-state index contributed by atoms with van der Waals surface area (Å²) < 4.78 is 0. The molecule has 1 aliphatic heterocycles. The van der Waals surface area contributed by atoms with Crippen LogP contribution in [0.15, 0.2) is 48.5 Å². The number of carboxylic acids is 1. The number of carboxylic acid groups (broad SMARTS) is 1. The van der Waals surface area contributed by atoms with Crippen molar-refractivity contribution in [1.29, 1.82) is 0 Å². The Morgan fingerprint density at radius 1 is 1.00 bits per heavy atom. The molecular formula is C21H25NO2. The molecule has 1 N–H and O–H groups in total. The molecule has 3 nitrogen and oxygen atoms in total. The first-order valence-electron chi connectivity index (χ1n) is 8.83. The predicted molar refractivity (Wildman–Crippen MR) is 97.8 cm³/mol. The molecule has 0 bridgehead atoms. The lowest BCUT2D eigenvalue weighted by Gasteiger charge is -2.18. The summed E-state index contributed by atoms with van der Waals surface area (Å²) in [7, 11) is 0. The molecule has 3 rings (SSSR count). The molecule has 1 saturated heterocycles. The van der Waals surface area contributed by atoms with E-state index in [1.54, 1.807) is 0 Å². The van der Waals surface area contributed by atoms with Crippen LogP contribution in [0.2, 0.25) is 0 Å². The first-order chi connectivity index (χ1) is 11.7. The topological polar surface area (TPSA) is 40.5 Å². The fourth-order valence-corrected chi connectivity index (χ4v) is 3.39. The van der Waals surface area contributed by atoms with Gasteiger partial charge in [0.15, 0.2) is 0 Å². The van der Waals surface area contributed by atoms with Crippen molar-refractivity contribution in [3.8, 4) is 0 Å². The molecule has 126 valence electrons. The first-order valence-corrected chi connectivity index (χ1v) is 8.83. The number of hydrogen-bond donors (Lipinski definition) is 1. The van der Waals surface area contributed by atoms with E-state index in [2.05, 4.69) is 36.1 Å². The minimum Gasteiger partial charge on any atom is -0.481 e. The van der Waals surface area contributed by atoms with Gasteiger partial charge in [-0.15, -0.1) is 0 Å². The monoisotopic (exact) mass is 323 g/mol. The van der Waals surface area contributed by atoms with Gasteiger partial charge in [-0.25, -0.2) is 0 Å². The molecule has 1 atom stereocenters. The van der Waals surface area contributed by atoms with Crippen LogP contribution >= 0.6 is 0 Å². The number of hydrogen-bond acceptors (Lipinski definition) is 2. The number of rotatable bonds is 6. The molecule has 3 heteroatoms. The number of anilines is 1. The van der Waals surface area contributed by atoms with Crippen LogP contribution in [0.25, 0.3) is 0 Å². The molecule has 1 unspecified atom stereocenters. The number of nitrogens with zero attached hydrogens (tertiary/aromatic N) is 1. The lowest BCUT2D eigenvalue weighted by atomic mass is 9.91. The zero-order valence-electron chi connectivity index (χ0n) is 14.2. The third-order valence-corrected chi connectivity index (χ3v) is 4.94. The quantitative estimate of drug-likeness (QED) is 0.863. The van der Waals surface area contributed by atoms with E-state index < -0.39 is 11.9 Å². The molecule has 24 heavy (non-hydrogen) atoms. The first kappa shape index (κ1) is 16.6. The SMILES string of the molecule is CCc1ccc(C(Cc2ccc(N3CCCC3)cc2)C(=O)O)cc1. The molecule has 2 aromatic carbocycles. The van der Waals surface area contributed by atoms with E-state index in [-0.39, 0.29) is 0 Å². The summed E-state index contributed by atoms with van der Waals surface area (Å²) in [5.74, 6) is -1.25. The molecule has 0 spiro atoms. The van der Waals surface area contributed by atoms with Crippen molar-refractivity contribution in [3.63, 3.8) is 0 Å². The van der Waals surface area contributed by atoms with Gasteiger partial charge in [0.1, 0.15) is 0 Å². The van der Waals surface area contributed by atoms with Gasteiger partial charge in [-0.3, -0.25) is 4.79 Å². The minimum atomic E-state index is -0.761. The Hall–Kier alpha value is -2.29. The van der Waals surface area contributed by atoms with Gasteiger partial charge in [0.2, 0.25) is 0 Å². The fourth-order valence-electron chi connectivity index (χ4n) is 3.39. The second-order valence-corrected chi connectivity index (χ2v) is 6.55. The van der Waals surface area contributed by atoms with Gasteiger partial charge in [-0.2, -0.15) is 0 Å². The fraction of sp³-hybridized carbons (Fsp3) is 0.381. The highest BCUT2D eigenvalue weighted by molar-refractivity contribution is 5.76. The second-order valence-electron chi connectivity index (χ2n) is 6.55. The Morgan fingerprint density at radius 2 is 1.58 bits per heavy atom. The summed E-state index contributed by atoms with van der Waals surface area (Å²) in [4.78, 5) is 14.1. The third-order valence-electron chi connectivity index (χ3n) is 4.94. The van der Waals surface area contributed by atoms with Gasteiger partial charge in [0.05, 0.1) is 5.92 Å². The number of aliphatic carboxylic acids is 1. The normalized spacial score (nSPS) is 15.5. The van der Waals surface area contributed by atoms with Crippen LogP contribution in [0.3, 0.4) is 0 Å². The van der Waals surface area contributed by atoms with E-state index >= 15 is 0 Å². The zero-order valence-corrected chi connectivity index (χ0v) is 14.2. The van der Waals surface area contributed by atoms with Crippen molar-refractivity contribution in [2.75, 3.05) is 18.0 Å². The van der Waals surface area contributed by atoms with Crippen molar-refractivity contribution in [3.05, 3.63) is 65.2 Å². The Kier molecular flexibility index (Phi) is 5.19. The molecule has 1 fully saturated rings. The third kappa shape index (κ3) is 3.78. The zero-order chi connectivity index (χ0) is 16.9. The summed E-state index contributed by atoms with van der Waals surface area (Å²) in [6, 6.07) is 16.4. The summed E-state index contributed by atoms with van der Waals surface area (Å²) in [5.41, 5.74) is 4.43. The number of carbonyl (C=O) groups is 1. The molecule has 0 saturated carbocycles. The Labute approximate surface area is 143 Å². The van der Waals surface area contributed by atoms with Crippen LogP contribution in [0.1, 0.15) is 42.4 Å². The molecule has 0 aliphatic carbocycles. The molecular weight excluding hydrogens is 298 g/mol. The number of benzene rings is 2. The molecule has 1 heterocycles. The van der Waals surface area contributed by atoms with Crippen molar-refractivity contribution in [1.82, 2.24) is 0 Å². The predicted octanol–water partition coefficient (Wildman–Crippen LogP) is 4.26. The van der Waals surface area contributed by atoms with Gasteiger partial charge < -0.3 is 10.0 Å². The molecule has 1 aliphatic rings. The lowest BCUT2D eigenvalue weighted by Crippen LogP contribution is -2.17. The highest BCUT2D eigenvalue weighted by atomic mass is 16.4. The van der Waals surface area contributed by atoms with Crippen LogP contribution in [0.4, 0.5) is 5.69 Å². The average molecular weight is 323 g/mol. The summed E-state index contributed by atoms with van der Waals surface area (Å²) in [5, 5.41) is 9.63. The van der Waals surface area contributed by atoms with E-state index in [1.807, 2.05) is 24.3 Å². The number of aryl methyl sites for hydroxylation is 1. The van der Waals surface area contributed by atoms with Gasteiger partial charge >= 0.3 is 5.97 Å². The van der Waals surface area contributed by atoms with E-state index in [4.69, 9.17) is 0 Å². The molecule has 0 radical (unpaired) electrons. The van der Waals surface area contributed by atoms with Crippen LogP contribution in [0, 0.1) is 0 Å². The maximum atomic E-state index is 11.7. The lowest BCUT2D eigenvalue weighted by molar-refractivity contribution is -0.138. The van der Waals surface area contributed by atoms with Crippen molar-refractivity contribution < 1.29 is 9.90 Å². The van der Waals surface area contributed by atoms with Crippen LogP contribution < -0.4 is 4.90 Å². The van der Waals surface area contributed by atoms with Crippen LogP contribution in [-0.4, -0.2) is 24.2 Å². The Balaban J connectivity index is 1.74. The summed E-state index contributed by atoms with van der Waals surface area (Å²) in [6.07, 6.45) is 4.02. The van der Waals surface area contributed by atoms with Gasteiger partial charge in [0, 0.05) is 18.8 Å². The smallest absolute Gasteiger partial charge is 0.311 e. The maximum Gasteiger partial charge on any atom is 0.311 e. The van der Waals surface area contributed by atoms with Gasteiger partial charge in [-0.05, 0) is 54.5 Å². The van der Waals surface area contributed by atoms with Crippen molar-refractivity contribution >= 4 is 11.7 Å². The largest absolute Gasteiger partial charge is 0.481 e. The molecule has 0 amide bonds. The van der Waals surface area contributed by atoms with E-state index in [0.717, 1.165) is 30.6 Å². The van der Waals surface area contributed by atoms with Crippen molar-refractivity contribution in [2.45, 2.75) is 38.5 Å². The summed E-state index contributed by atoms with van der Waals surface area (Å²) >= 11 is 0. The molecule has 2 aromatic rings. The Morgan fingerprint density at radius 3 is 2.12 bits per heavy atom. The summed E-state index contributed by atoms with van der Waals surface area (Å²) in [6.45, 7) is 4.35. The van der Waals surface area contributed by atoms with Crippen LogP contribution in [-0.2, 0) is 17.6 Å².